The molecule has 0 aliphatic heterocycles. The number of hydrogen-bond acceptors (Lipinski definition) is 3. The number of rotatable bonds is 7. The summed E-state index contributed by atoms with van der Waals surface area (Å²) in [6.45, 7) is 0.141. The molecule has 0 saturated heterocycles. The van der Waals surface area contributed by atoms with Crippen molar-refractivity contribution in [2.75, 3.05) is 13.7 Å². The van der Waals surface area contributed by atoms with E-state index in [2.05, 4.69) is 11.4 Å². The Labute approximate surface area is 144 Å². The summed E-state index contributed by atoms with van der Waals surface area (Å²) in [6, 6.07) is 8.10. The maximum atomic E-state index is 12.7. The summed E-state index contributed by atoms with van der Waals surface area (Å²) >= 11 is 0. The van der Waals surface area contributed by atoms with Crippen LogP contribution < -0.4 is 10.1 Å². The van der Waals surface area contributed by atoms with E-state index in [4.69, 9.17) is 4.74 Å². The fourth-order valence-electron chi connectivity index (χ4n) is 4.19. The highest BCUT2D eigenvalue weighted by molar-refractivity contribution is 5.83. The molecule has 0 heterocycles. The second-order valence-corrected chi connectivity index (χ2v) is 7.22. The molecule has 1 amide bonds. The van der Waals surface area contributed by atoms with E-state index >= 15 is 0 Å². The van der Waals surface area contributed by atoms with Gasteiger partial charge < -0.3 is 15.2 Å². The van der Waals surface area contributed by atoms with E-state index in [9.17, 15) is 9.90 Å². The molecule has 4 heteroatoms. The Bertz CT molecular complexity index is 554. The maximum Gasteiger partial charge on any atom is 0.223 e. The van der Waals surface area contributed by atoms with Gasteiger partial charge >= 0.3 is 0 Å². The van der Waals surface area contributed by atoms with Gasteiger partial charge in [-0.1, -0.05) is 37.5 Å². The second-order valence-electron chi connectivity index (χ2n) is 7.22. The molecule has 0 spiro atoms. The number of aliphatic hydroxyl groups excluding tert-OH is 1. The number of aliphatic hydroxyl groups is 1. The van der Waals surface area contributed by atoms with Crippen molar-refractivity contribution in [3.63, 3.8) is 0 Å². The SMILES string of the molecule is COc1ccccc1C1CC1C(=O)NC(CCO)C1CCCCC1. The van der Waals surface area contributed by atoms with Crippen LogP contribution >= 0.6 is 0 Å². The van der Waals surface area contributed by atoms with Gasteiger partial charge in [-0.25, -0.2) is 0 Å². The standard InChI is InChI=1S/C20H29NO3/c1-24-19-10-6-5-9-15(19)16-13-17(16)20(23)21-18(11-12-22)14-7-3-2-4-8-14/h5-6,9-10,14,16-18,22H,2-4,7-8,11-13H2,1H3,(H,21,23). The minimum absolute atomic E-state index is 0.0473. The van der Waals surface area contributed by atoms with E-state index in [0.717, 1.165) is 17.7 Å². The maximum absolute atomic E-state index is 12.7. The topological polar surface area (TPSA) is 58.6 Å². The van der Waals surface area contributed by atoms with E-state index in [1.807, 2.05) is 18.2 Å². The fraction of sp³-hybridized carbons (Fsp3) is 0.650. The second kappa shape index (κ2) is 8.02. The van der Waals surface area contributed by atoms with Crippen molar-refractivity contribution < 1.29 is 14.6 Å². The van der Waals surface area contributed by atoms with Gasteiger partial charge in [0.25, 0.3) is 0 Å². The van der Waals surface area contributed by atoms with Crippen molar-refractivity contribution >= 4 is 5.91 Å². The Morgan fingerprint density at radius 3 is 2.75 bits per heavy atom. The lowest BCUT2D eigenvalue weighted by molar-refractivity contribution is -0.123. The fourth-order valence-corrected chi connectivity index (χ4v) is 4.19. The third-order valence-corrected chi connectivity index (χ3v) is 5.65. The number of carbonyl (C=O) groups excluding carboxylic acids is 1. The highest BCUT2D eigenvalue weighted by atomic mass is 16.5. The van der Waals surface area contributed by atoms with Crippen LogP contribution in [0.5, 0.6) is 5.75 Å². The number of carbonyl (C=O) groups is 1. The largest absolute Gasteiger partial charge is 0.496 e. The van der Waals surface area contributed by atoms with Gasteiger partial charge in [0.1, 0.15) is 5.75 Å². The van der Waals surface area contributed by atoms with Crippen molar-refractivity contribution in [2.24, 2.45) is 11.8 Å². The normalized spacial score (nSPS) is 25.1. The van der Waals surface area contributed by atoms with Gasteiger partial charge in [0, 0.05) is 18.6 Å². The zero-order valence-electron chi connectivity index (χ0n) is 14.5. The first-order chi connectivity index (χ1) is 11.7. The number of amides is 1. The molecule has 2 saturated carbocycles. The van der Waals surface area contributed by atoms with Gasteiger partial charge in [-0.2, -0.15) is 0 Å². The van der Waals surface area contributed by atoms with Crippen LogP contribution in [0.1, 0.15) is 56.4 Å². The van der Waals surface area contributed by atoms with Crippen LogP contribution in [0.25, 0.3) is 0 Å². The summed E-state index contributed by atoms with van der Waals surface area (Å²) in [5.74, 6) is 1.86. The van der Waals surface area contributed by atoms with E-state index in [-0.39, 0.29) is 30.4 Å². The highest BCUT2D eigenvalue weighted by Gasteiger charge is 2.46. The monoisotopic (exact) mass is 331 g/mol. The first-order valence-corrected chi connectivity index (χ1v) is 9.28. The van der Waals surface area contributed by atoms with Crippen LogP contribution in [0.15, 0.2) is 24.3 Å². The van der Waals surface area contributed by atoms with Crippen molar-refractivity contribution in [1.82, 2.24) is 5.32 Å². The Morgan fingerprint density at radius 2 is 2.04 bits per heavy atom. The number of ether oxygens (including phenoxy) is 1. The van der Waals surface area contributed by atoms with Crippen LogP contribution in [0, 0.1) is 11.8 Å². The Hall–Kier alpha value is -1.55. The molecule has 0 aromatic heterocycles. The van der Waals surface area contributed by atoms with E-state index in [1.165, 1.54) is 32.1 Å². The third-order valence-electron chi connectivity index (χ3n) is 5.65. The molecule has 2 fully saturated rings. The molecular weight excluding hydrogens is 302 g/mol. The Balaban J connectivity index is 1.60. The van der Waals surface area contributed by atoms with Crippen LogP contribution in [0.4, 0.5) is 0 Å². The lowest BCUT2D eigenvalue weighted by Gasteiger charge is -2.30. The van der Waals surface area contributed by atoms with Crippen molar-refractivity contribution in [3.8, 4) is 5.75 Å². The summed E-state index contributed by atoms with van der Waals surface area (Å²) in [7, 11) is 1.68. The first kappa shape index (κ1) is 17.3. The summed E-state index contributed by atoms with van der Waals surface area (Å²) < 4.78 is 5.42. The van der Waals surface area contributed by atoms with E-state index in [1.54, 1.807) is 7.11 Å². The molecule has 3 rings (SSSR count). The molecule has 0 radical (unpaired) electrons. The average molecular weight is 331 g/mol. The molecule has 3 unspecified atom stereocenters. The average Bonchev–Trinajstić information content (AvgIpc) is 3.43. The van der Waals surface area contributed by atoms with Gasteiger partial charge in [-0.05, 0) is 49.1 Å². The predicted octanol–water partition coefficient (Wildman–Crippen LogP) is 3.25. The van der Waals surface area contributed by atoms with E-state index < -0.39 is 0 Å². The van der Waals surface area contributed by atoms with Crippen LogP contribution in [-0.2, 0) is 4.79 Å². The van der Waals surface area contributed by atoms with Gasteiger partial charge in [-0.3, -0.25) is 4.79 Å². The molecule has 2 aliphatic carbocycles. The summed E-state index contributed by atoms with van der Waals surface area (Å²) in [5, 5.41) is 12.6. The zero-order chi connectivity index (χ0) is 16.9. The molecule has 2 N–H and O–H groups in total. The zero-order valence-corrected chi connectivity index (χ0v) is 14.5. The lowest BCUT2D eigenvalue weighted by Crippen LogP contribution is -2.42. The van der Waals surface area contributed by atoms with E-state index in [0.29, 0.717) is 12.3 Å². The number of hydrogen-bond donors (Lipinski definition) is 2. The van der Waals surface area contributed by atoms with Gasteiger partial charge in [0.2, 0.25) is 5.91 Å². The minimum atomic E-state index is 0.0473. The molecule has 24 heavy (non-hydrogen) atoms. The Morgan fingerprint density at radius 1 is 1.29 bits per heavy atom. The quantitative estimate of drug-likeness (QED) is 0.806. The molecule has 1 aromatic rings. The van der Waals surface area contributed by atoms with Crippen molar-refractivity contribution in [1.29, 1.82) is 0 Å². The molecule has 2 aliphatic rings. The predicted molar refractivity (Wildman–Crippen MR) is 94.1 cm³/mol. The van der Waals surface area contributed by atoms with Crippen LogP contribution in [-0.4, -0.2) is 30.8 Å². The molecule has 0 bridgehead atoms. The summed E-state index contributed by atoms with van der Waals surface area (Å²) in [4.78, 5) is 12.7. The number of benzene rings is 1. The van der Waals surface area contributed by atoms with Crippen LogP contribution in [0.2, 0.25) is 0 Å². The van der Waals surface area contributed by atoms with Crippen LogP contribution in [0.3, 0.4) is 0 Å². The van der Waals surface area contributed by atoms with Crippen molar-refractivity contribution in [2.45, 2.75) is 56.9 Å². The molecular formula is C20H29NO3. The Kier molecular flexibility index (Phi) is 5.77. The third kappa shape index (κ3) is 3.92. The molecule has 132 valence electrons. The number of nitrogens with one attached hydrogen (secondary N) is 1. The van der Waals surface area contributed by atoms with Crippen molar-refractivity contribution in [3.05, 3.63) is 29.8 Å². The minimum Gasteiger partial charge on any atom is -0.496 e. The summed E-state index contributed by atoms with van der Waals surface area (Å²) in [5.41, 5.74) is 1.14. The number of methoxy groups -OCH3 is 1. The number of para-hydroxylation sites is 1. The molecule has 1 aromatic carbocycles. The molecule has 3 atom stereocenters. The lowest BCUT2D eigenvalue weighted by atomic mass is 9.82. The van der Waals surface area contributed by atoms with Gasteiger partial charge in [0.15, 0.2) is 0 Å². The molecule has 4 nitrogen and oxygen atoms in total. The first-order valence-electron chi connectivity index (χ1n) is 9.28. The smallest absolute Gasteiger partial charge is 0.223 e. The highest BCUT2D eigenvalue weighted by Crippen LogP contribution is 2.50. The van der Waals surface area contributed by atoms with Gasteiger partial charge in [0.05, 0.1) is 7.11 Å². The summed E-state index contributed by atoms with van der Waals surface area (Å²) in [6.07, 6.45) is 7.70. The van der Waals surface area contributed by atoms with Gasteiger partial charge in [-0.15, -0.1) is 0 Å².